The first-order chi connectivity index (χ1) is 9.21. The lowest BCUT2D eigenvalue weighted by molar-refractivity contribution is -0.143. The first-order valence-electron chi connectivity index (χ1n) is 6.85. The quantitative estimate of drug-likeness (QED) is 0.707. The minimum atomic E-state index is -0.274. The second kappa shape index (κ2) is 8.53. The van der Waals surface area contributed by atoms with Gasteiger partial charge in [0.2, 0.25) is 0 Å². The van der Waals surface area contributed by atoms with Crippen molar-refractivity contribution in [3.05, 3.63) is 29.8 Å². The van der Waals surface area contributed by atoms with Gasteiger partial charge in [0.25, 0.3) is 0 Å². The Bertz CT molecular complexity index is 376. The van der Waals surface area contributed by atoms with E-state index in [1.54, 1.807) is 0 Å². The number of likely N-dealkylation sites (N-methyl/N-ethyl adjacent to an activating group) is 1. The summed E-state index contributed by atoms with van der Waals surface area (Å²) in [6, 6.07) is 7.91. The molecule has 0 aliphatic heterocycles. The van der Waals surface area contributed by atoms with Crippen molar-refractivity contribution in [2.24, 2.45) is 0 Å². The van der Waals surface area contributed by atoms with E-state index < -0.39 is 0 Å². The minimum Gasteiger partial charge on any atom is -0.468 e. The number of benzene rings is 1. The van der Waals surface area contributed by atoms with E-state index in [0.717, 1.165) is 30.8 Å². The van der Waals surface area contributed by atoms with Crippen LogP contribution in [-0.4, -0.2) is 32.2 Å². The van der Waals surface area contributed by atoms with Crippen molar-refractivity contribution in [1.82, 2.24) is 5.32 Å². The van der Waals surface area contributed by atoms with Crippen LogP contribution in [0.4, 0.5) is 5.69 Å². The van der Waals surface area contributed by atoms with E-state index in [4.69, 9.17) is 4.74 Å². The molecule has 106 valence electrons. The third kappa shape index (κ3) is 5.30. The summed E-state index contributed by atoms with van der Waals surface area (Å²) < 4.78 is 4.80. The van der Waals surface area contributed by atoms with E-state index in [-0.39, 0.29) is 12.0 Å². The molecule has 0 amide bonds. The third-order valence-corrected chi connectivity index (χ3v) is 2.91. The fourth-order valence-electron chi connectivity index (χ4n) is 1.89. The van der Waals surface area contributed by atoms with Crippen molar-refractivity contribution in [2.75, 3.05) is 25.5 Å². The summed E-state index contributed by atoms with van der Waals surface area (Å²) in [4.78, 5) is 11.6. The number of hydrogen-bond donors (Lipinski definition) is 2. The highest BCUT2D eigenvalue weighted by atomic mass is 16.5. The maximum atomic E-state index is 11.6. The van der Waals surface area contributed by atoms with Crippen LogP contribution in [0.5, 0.6) is 0 Å². The van der Waals surface area contributed by atoms with Gasteiger partial charge in [-0.15, -0.1) is 0 Å². The van der Waals surface area contributed by atoms with Gasteiger partial charge in [0, 0.05) is 12.2 Å². The molecule has 0 bridgehead atoms. The molecule has 0 aromatic heterocycles. The predicted octanol–water partition coefficient (Wildman–Crippen LogP) is 2.20. The van der Waals surface area contributed by atoms with Gasteiger partial charge in [0.15, 0.2) is 0 Å². The van der Waals surface area contributed by atoms with E-state index in [9.17, 15) is 4.79 Å². The molecule has 0 fully saturated rings. The number of anilines is 1. The first-order valence-corrected chi connectivity index (χ1v) is 6.85. The summed E-state index contributed by atoms with van der Waals surface area (Å²) in [5.41, 5.74) is 2.24. The second-order valence-electron chi connectivity index (χ2n) is 4.46. The minimum absolute atomic E-state index is 0.213. The highest BCUT2D eigenvalue weighted by Gasteiger charge is 2.17. The lowest BCUT2D eigenvalue weighted by Crippen LogP contribution is -2.39. The van der Waals surface area contributed by atoms with Gasteiger partial charge in [-0.3, -0.25) is 4.79 Å². The summed E-state index contributed by atoms with van der Waals surface area (Å²) in [6.07, 6.45) is 1.75. The number of methoxy groups -OCH3 is 1. The molecule has 0 aliphatic rings. The van der Waals surface area contributed by atoms with E-state index in [1.165, 1.54) is 7.11 Å². The molecule has 1 aromatic rings. The Kier molecular flexibility index (Phi) is 6.97. The molecule has 4 nitrogen and oxygen atoms in total. The Hall–Kier alpha value is -1.55. The molecule has 0 aliphatic carbocycles. The number of ether oxygens (including phenoxy) is 1. The van der Waals surface area contributed by atoms with E-state index >= 15 is 0 Å². The number of hydrogen-bond acceptors (Lipinski definition) is 4. The lowest BCUT2D eigenvalue weighted by atomic mass is 10.1. The van der Waals surface area contributed by atoms with Crippen LogP contribution >= 0.6 is 0 Å². The van der Waals surface area contributed by atoms with Crippen LogP contribution in [0.25, 0.3) is 0 Å². The van der Waals surface area contributed by atoms with Gasteiger partial charge in [-0.25, -0.2) is 0 Å². The standard InChI is InChI=1S/C15H24N2O2/c1-4-10-17-13-8-6-12(7-9-13)11-14(16-5-2)15(18)19-3/h6-9,14,16-17H,4-5,10-11H2,1-3H3. The molecule has 0 spiro atoms. The molecule has 1 aromatic carbocycles. The van der Waals surface area contributed by atoms with E-state index in [1.807, 2.05) is 31.2 Å². The topological polar surface area (TPSA) is 50.4 Å². The molecule has 1 unspecified atom stereocenters. The molecule has 4 heteroatoms. The normalized spacial score (nSPS) is 11.9. The van der Waals surface area contributed by atoms with Gasteiger partial charge in [-0.2, -0.15) is 0 Å². The highest BCUT2D eigenvalue weighted by Crippen LogP contribution is 2.11. The number of carbonyl (C=O) groups excluding carboxylic acids is 1. The van der Waals surface area contributed by atoms with Gasteiger partial charge in [0.05, 0.1) is 7.11 Å². The Labute approximate surface area is 115 Å². The van der Waals surface area contributed by atoms with Gasteiger partial charge < -0.3 is 15.4 Å². The summed E-state index contributed by atoms with van der Waals surface area (Å²) in [5, 5.41) is 6.47. The molecule has 1 atom stereocenters. The molecule has 0 radical (unpaired) electrons. The fraction of sp³-hybridized carbons (Fsp3) is 0.533. The smallest absolute Gasteiger partial charge is 0.323 e. The van der Waals surface area contributed by atoms with Crippen LogP contribution in [0.1, 0.15) is 25.8 Å². The largest absolute Gasteiger partial charge is 0.468 e. The molecule has 2 N–H and O–H groups in total. The summed E-state index contributed by atoms with van der Waals surface area (Å²) >= 11 is 0. The van der Waals surface area contributed by atoms with Crippen molar-refractivity contribution in [3.8, 4) is 0 Å². The van der Waals surface area contributed by atoms with E-state index in [0.29, 0.717) is 6.42 Å². The average Bonchev–Trinajstić information content (AvgIpc) is 2.45. The van der Waals surface area contributed by atoms with Crippen molar-refractivity contribution in [3.63, 3.8) is 0 Å². The number of esters is 1. The maximum absolute atomic E-state index is 11.6. The maximum Gasteiger partial charge on any atom is 0.323 e. The number of nitrogens with one attached hydrogen (secondary N) is 2. The van der Waals surface area contributed by atoms with Crippen LogP contribution in [-0.2, 0) is 16.0 Å². The fourth-order valence-corrected chi connectivity index (χ4v) is 1.89. The average molecular weight is 264 g/mol. The molecular formula is C15H24N2O2. The molecular weight excluding hydrogens is 240 g/mol. The van der Waals surface area contributed by atoms with Crippen LogP contribution in [0.2, 0.25) is 0 Å². The van der Waals surface area contributed by atoms with Gasteiger partial charge in [0.1, 0.15) is 6.04 Å². The van der Waals surface area contributed by atoms with Crippen LogP contribution in [0.3, 0.4) is 0 Å². The van der Waals surface area contributed by atoms with Crippen molar-refractivity contribution >= 4 is 11.7 Å². The van der Waals surface area contributed by atoms with Crippen LogP contribution in [0.15, 0.2) is 24.3 Å². The Morgan fingerprint density at radius 1 is 1.26 bits per heavy atom. The van der Waals surface area contributed by atoms with Crippen molar-refractivity contribution in [2.45, 2.75) is 32.7 Å². The molecule has 0 heterocycles. The molecule has 0 saturated heterocycles. The van der Waals surface area contributed by atoms with Gasteiger partial charge >= 0.3 is 5.97 Å². The van der Waals surface area contributed by atoms with Crippen LogP contribution < -0.4 is 10.6 Å². The Morgan fingerprint density at radius 2 is 1.95 bits per heavy atom. The number of carbonyl (C=O) groups is 1. The summed E-state index contributed by atoms with van der Waals surface area (Å²) in [5.74, 6) is -0.213. The third-order valence-electron chi connectivity index (χ3n) is 2.91. The molecule has 0 saturated carbocycles. The van der Waals surface area contributed by atoms with Crippen molar-refractivity contribution < 1.29 is 9.53 Å². The van der Waals surface area contributed by atoms with Gasteiger partial charge in [-0.05, 0) is 37.1 Å². The second-order valence-corrected chi connectivity index (χ2v) is 4.46. The zero-order chi connectivity index (χ0) is 14.1. The molecule has 19 heavy (non-hydrogen) atoms. The Morgan fingerprint density at radius 3 is 2.47 bits per heavy atom. The summed E-state index contributed by atoms with van der Waals surface area (Å²) in [6.45, 7) is 5.84. The lowest BCUT2D eigenvalue weighted by Gasteiger charge is -2.15. The highest BCUT2D eigenvalue weighted by molar-refractivity contribution is 5.76. The first kappa shape index (κ1) is 15.5. The zero-order valence-electron chi connectivity index (χ0n) is 12.0. The zero-order valence-corrected chi connectivity index (χ0v) is 12.0. The summed E-state index contributed by atoms with van der Waals surface area (Å²) in [7, 11) is 1.42. The predicted molar refractivity (Wildman–Crippen MR) is 78.4 cm³/mol. The van der Waals surface area contributed by atoms with Gasteiger partial charge in [-0.1, -0.05) is 26.0 Å². The Balaban J connectivity index is 2.61. The number of rotatable bonds is 8. The van der Waals surface area contributed by atoms with Crippen molar-refractivity contribution in [1.29, 1.82) is 0 Å². The van der Waals surface area contributed by atoms with Crippen LogP contribution in [0, 0.1) is 0 Å². The SMILES string of the molecule is CCCNc1ccc(CC(NCC)C(=O)OC)cc1. The monoisotopic (exact) mass is 264 g/mol. The molecule has 1 rings (SSSR count). The van der Waals surface area contributed by atoms with E-state index in [2.05, 4.69) is 17.6 Å².